The fourth-order valence-corrected chi connectivity index (χ4v) is 2.93. The molecule has 1 nitrogen and oxygen atoms in total. The van der Waals surface area contributed by atoms with Crippen LogP contribution in [-0.2, 0) is 0 Å². The molecule has 0 aliphatic rings. The van der Waals surface area contributed by atoms with E-state index in [4.69, 9.17) is 5.73 Å². The molecule has 1 atom stereocenters. The van der Waals surface area contributed by atoms with Crippen molar-refractivity contribution < 1.29 is 4.39 Å². The first-order valence-electron chi connectivity index (χ1n) is 6.75. The normalized spacial score (nSPS) is 12.6. The molecule has 0 fully saturated rings. The fraction of sp³-hybridized carbons (Fsp3) is 0.111. The monoisotopic (exact) mass is 343 g/mol. The highest BCUT2D eigenvalue weighted by Gasteiger charge is 2.13. The fourth-order valence-electron chi connectivity index (χ4n) is 2.55. The highest BCUT2D eigenvalue weighted by molar-refractivity contribution is 9.10. The van der Waals surface area contributed by atoms with Crippen LogP contribution in [0.2, 0.25) is 0 Å². The molecule has 0 saturated heterocycles. The molecule has 3 heteroatoms. The van der Waals surface area contributed by atoms with Gasteiger partial charge in [0.15, 0.2) is 0 Å². The Hall–Kier alpha value is -1.71. The molecule has 0 aromatic heterocycles. The number of nitrogens with two attached hydrogens (primary N) is 1. The summed E-state index contributed by atoms with van der Waals surface area (Å²) < 4.78 is 14.5. The first-order chi connectivity index (χ1) is 10.0. The van der Waals surface area contributed by atoms with Crippen LogP contribution in [0.3, 0.4) is 0 Å². The van der Waals surface area contributed by atoms with Crippen molar-refractivity contribution in [1.29, 1.82) is 0 Å². The molecule has 0 saturated carbocycles. The zero-order valence-corrected chi connectivity index (χ0v) is 13.2. The minimum absolute atomic E-state index is 0.254. The maximum absolute atomic E-state index is 13.5. The summed E-state index contributed by atoms with van der Waals surface area (Å²) >= 11 is 3.47. The summed E-state index contributed by atoms with van der Waals surface area (Å²) in [7, 11) is 0. The smallest absolute Gasteiger partial charge is 0.123 e. The van der Waals surface area contributed by atoms with Gasteiger partial charge >= 0.3 is 0 Å². The number of rotatable bonds is 2. The molecule has 0 radical (unpaired) electrons. The first kappa shape index (κ1) is 14.2. The third kappa shape index (κ3) is 2.85. The largest absolute Gasteiger partial charge is 0.320 e. The van der Waals surface area contributed by atoms with Crippen molar-refractivity contribution in [3.8, 4) is 0 Å². The standard InChI is InChI=1S/C18H15BrFN/c1-11-2-7-16(20)10-17(11)18(21)14-4-3-13-9-15(19)6-5-12(13)8-14/h2-10,18H,21H2,1H3. The average molecular weight is 344 g/mol. The Kier molecular flexibility index (Phi) is 3.79. The Bertz CT molecular complexity index is 813. The molecular formula is C18H15BrFN. The van der Waals surface area contributed by atoms with Crippen LogP contribution >= 0.6 is 15.9 Å². The van der Waals surface area contributed by atoms with Gasteiger partial charge in [0.2, 0.25) is 0 Å². The molecule has 0 aliphatic carbocycles. The quantitative estimate of drug-likeness (QED) is 0.688. The molecule has 3 rings (SSSR count). The van der Waals surface area contributed by atoms with Crippen LogP contribution in [0, 0.1) is 12.7 Å². The van der Waals surface area contributed by atoms with E-state index in [0.29, 0.717) is 0 Å². The van der Waals surface area contributed by atoms with Crippen LogP contribution in [0.1, 0.15) is 22.7 Å². The lowest BCUT2D eigenvalue weighted by atomic mass is 9.94. The number of aryl methyl sites for hydroxylation is 1. The predicted octanol–water partition coefficient (Wildman–Crippen LogP) is 5.10. The Morgan fingerprint density at radius 1 is 0.952 bits per heavy atom. The van der Waals surface area contributed by atoms with E-state index < -0.39 is 0 Å². The molecule has 3 aromatic carbocycles. The number of hydrogen-bond acceptors (Lipinski definition) is 1. The maximum Gasteiger partial charge on any atom is 0.123 e. The van der Waals surface area contributed by atoms with Crippen molar-refractivity contribution in [1.82, 2.24) is 0 Å². The summed E-state index contributed by atoms with van der Waals surface area (Å²) in [5, 5.41) is 2.27. The minimum atomic E-state index is -0.325. The average Bonchev–Trinajstić information content (AvgIpc) is 2.48. The Labute approximate surface area is 131 Å². The summed E-state index contributed by atoms with van der Waals surface area (Å²) in [5.74, 6) is -0.254. The molecule has 3 aromatic rings. The van der Waals surface area contributed by atoms with E-state index in [-0.39, 0.29) is 11.9 Å². The molecule has 21 heavy (non-hydrogen) atoms. The number of benzene rings is 3. The van der Waals surface area contributed by atoms with Gasteiger partial charge in [0.1, 0.15) is 5.82 Å². The van der Waals surface area contributed by atoms with Crippen molar-refractivity contribution >= 4 is 26.7 Å². The van der Waals surface area contributed by atoms with Gasteiger partial charge in [-0.1, -0.05) is 40.2 Å². The van der Waals surface area contributed by atoms with Crippen molar-refractivity contribution in [2.75, 3.05) is 0 Å². The second-order valence-corrected chi connectivity index (χ2v) is 6.15. The zero-order chi connectivity index (χ0) is 15.0. The molecule has 0 heterocycles. The predicted molar refractivity (Wildman–Crippen MR) is 88.8 cm³/mol. The summed E-state index contributed by atoms with van der Waals surface area (Å²) in [6, 6.07) is 16.7. The zero-order valence-electron chi connectivity index (χ0n) is 11.6. The summed E-state index contributed by atoms with van der Waals surface area (Å²) in [6.07, 6.45) is 0. The van der Waals surface area contributed by atoms with Gasteiger partial charge in [-0.2, -0.15) is 0 Å². The third-order valence-electron chi connectivity index (χ3n) is 3.76. The van der Waals surface area contributed by atoms with Crippen LogP contribution < -0.4 is 5.73 Å². The van der Waals surface area contributed by atoms with Gasteiger partial charge in [0.25, 0.3) is 0 Å². The van der Waals surface area contributed by atoms with E-state index in [9.17, 15) is 4.39 Å². The minimum Gasteiger partial charge on any atom is -0.320 e. The molecule has 2 N–H and O–H groups in total. The van der Waals surface area contributed by atoms with Crippen LogP contribution in [0.15, 0.2) is 59.1 Å². The van der Waals surface area contributed by atoms with Crippen LogP contribution in [0.4, 0.5) is 4.39 Å². The molecule has 0 aliphatic heterocycles. The molecule has 0 amide bonds. The summed E-state index contributed by atoms with van der Waals surface area (Å²) in [6.45, 7) is 1.95. The highest BCUT2D eigenvalue weighted by atomic mass is 79.9. The van der Waals surface area contributed by atoms with E-state index in [1.54, 1.807) is 6.07 Å². The lowest BCUT2D eigenvalue weighted by molar-refractivity contribution is 0.622. The Morgan fingerprint density at radius 3 is 2.48 bits per heavy atom. The van der Waals surface area contributed by atoms with E-state index >= 15 is 0 Å². The topological polar surface area (TPSA) is 26.0 Å². The van der Waals surface area contributed by atoms with Crippen molar-refractivity contribution in [2.24, 2.45) is 5.73 Å². The van der Waals surface area contributed by atoms with E-state index in [1.807, 2.05) is 31.2 Å². The molecule has 1 unspecified atom stereocenters. The lowest BCUT2D eigenvalue weighted by Crippen LogP contribution is -2.13. The second kappa shape index (κ2) is 5.58. The van der Waals surface area contributed by atoms with E-state index in [0.717, 1.165) is 31.9 Å². The third-order valence-corrected chi connectivity index (χ3v) is 4.26. The van der Waals surface area contributed by atoms with Crippen LogP contribution in [0.25, 0.3) is 10.8 Å². The molecule has 0 spiro atoms. The molecule has 0 bridgehead atoms. The molecular weight excluding hydrogens is 329 g/mol. The number of fused-ring (bicyclic) bond motifs is 1. The Morgan fingerprint density at radius 2 is 1.67 bits per heavy atom. The maximum atomic E-state index is 13.5. The molecule has 106 valence electrons. The Balaban J connectivity index is 2.07. The van der Waals surface area contributed by atoms with E-state index in [2.05, 4.69) is 28.1 Å². The van der Waals surface area contributed by atoms with Crippen molar-refractivity contribution in [3.63, 3.8) is 0 Å². The van der Waals surface area contributed by atoms with Crippen molar-refractivity contribution in [2.45, 2.75) is 13.0 Å². The SMILES string of the molecule is Cc1ccc(F)cc1C(N)c1ccc2cc(Br)ccc2c1. The highest BCUT2D eigenvalue weighted by Crippen LogP contribution is 2.27. The van der Waals surface area contributed by atoms with Gasteiger partial charge < -0.3 is 5.73 Å². The number of hydrogen-bond donors (Lipinski definition) is 1. The summed E-state index contributed by atoms with van der Waals surface area (Å²) in [4.78, 5) is 0. The lowest BCUT2D eigenvalue weighted by Gasteiger charge is -2.16. The number of halogens is 2. The van der Waals surface area contributed by atoms with Gasteiger partial charge in [-0.3, -0.25) is 0 Å². The van der Waals surface area contributed by atoms with Gasteiger partial charge in [-0.25, -0.2) is 4.39 Å². The van der Waals surface area contributed by atoms with Gasteiger partial charge in [0.05, 0.1) is 6.04 Å². The summed E-state index contributed by atoms with van der Waals surface area (Å²) in [5.41, 5.74) is 9.14. The van der Waals surface area contributed by atoms with Gasteiger partial charge in [0, 0.05) is 4.47 Å². The van der Waals surface area contributed by atoms with Crippen LogP contribution in [0.5, 0.6) is 0 Å². The van der Waals surface area contributed by atoms with E-state index in [1.165, 1.54) is 12.1 Å². The van der Waals surface area contributed by atoms with Crippen molar-refractivity contribution in [3.05, 3.63) is 81.6 Å². The second-order valence-electron chi connectivity index (χ2n) is 5.23. The first-order valence-corrected chi connectivity index (χ1v) is 7.55. The van der Waals surface area contributed by atoms with Gasteiger partial charge in [-0.15, -0.1) is 0 Å². The van der Waals surface area contributed by atoms with Crippen LogP contribution in [-0.4, -0.2) is 0 Å². The van der Waals surface area contributed by atoms with Gasteiger partial charge in [-0.05, 0) is 64.7 Å².